The number of rotatable bonds is 8. The summed E-state index contributed by atoms with van der Waals surface area (Å²) < 4.78 is 13.9. The van der Waals surface area contributed by atoms with E-state index in [-0.39, 0.29) is 42.5 Å². The minimum Gasteiger partial charge on any atom is -0.481 e. The Bertz CT molecular complexity index is 587. The number of halogens is 1. The zero-order valence-electron chi connectivity index (χ0n) is 13.2. The van der Waals surface area contributed by atoms with Crippen molar-refractivity contribution < 1.29 is 23.9 Å². The van der Waals surface area contributed by atoms with Gasteiger partial charge in [-0.3, -0.25) is 14.4 Å². The number of hydrogen-bond donors (Lipinski definition) is 3. The predicted molar refractivity (Wildman–Crippen MR) is 83.7 cm³/mol. The van der Waals surface area contributed by atoms with Gasteiger partial charge in [0, 0.05) is 24.9 Å². The van der Waals surface area contributed by atoms with Crippen LogP contribution in [0.2, 0.25) is 0 Å². The highest BCUT2D eigenvalue weighted by Gasteiger charge is 2.12. The number of aliphatic carboxylic acids is 1. The third-order valence-electron chi connectivity index (χ3n) is 2.95. The van der Waals surface area contributed by atoms with Gasteiger partial charge in [-0.25, -0.2) is 4.39 Å². The Hall–Kier alpha value is -2.44. The molecule has 0 fully saturated rings. The molecule has 1 aromatic carbocycles. The molecule has 126 valence electrons. The molecule has 0 spiro atoms. The van der Waals surface area contributed by atoms with Crippen LogP contribution in [0.1, 0.15) is 43.5 Å². The summed E-state index contributed by atoms with van der Waals surface area (Å²) in [6, 6.07) is 3.78. The summed E-state index contributed by atoms with van der Waals surface area (Å²) in [4.78, 5) is 33.8. The molecule has 6 nitrogen and oxygen atoms in total. The van der Waals surface area contributed by atoms with Crippen LogP contribution in [-0.4, -0.2) is 29.4 Å². The van der Waals surface area contributed by atoms with Gasteiger partial charge < -0.3 is 15.7 Å². The Balaban J connectivity index is 2.59. The van der Waals surface area contributed by atoms with Crippen molar-refractivity contribution in [3.63, 3.8) is 0 Å². The van der Waals surface area contributed by atoms with Gasteiger partial charge in [-0.1, -0.05) is 13.8 Å². The molecule has 0 radical (unpaired) electrons. The topological polar surface area (TPSA) is 95.5 Å². The Morgan fingerprint density at radius 3 is 2.52 bits per heavy atom. The minimum absolute atomic E-state index is 0.0260. The van der Waals surface area contributed by atoms with Gasteiger partial charge in [0.25, 0.3) is 5.91 Å². The smallest absolute Gasteiger partial charge is 0.303 e. The standard InChI is InChI=1S/C16H21FN2O4/c1-10(2)8-14(20)19-13-6-5-11(9-12(13)17)16(23)18-7-3-4-15(21)22/h5-6,9-10H,3-4,7-8H2,1-2H3,(H,18,23)(H,19,20)(H,21,22). The maximum Gasteiger partial charge on any atom is 0.303 e. The number of nitrogens with one attached hydrogen (secondary N) is 2. The first kappa shape index (κ1) is 18.6. The van der Waals surface area contributed by atoms with Gasteiger partial charge in [-0.2, -0.15) is 0 Å². The minimum atomic E-state index is -0.938. The number of carboxylic acids is 1. The number of benzene rings is 1. The molecule has 2 amide bonds. The monoisotopic (exact) mass is 324 g/mol. The molecule has 0 unspecified atom stereocenters. The second-order valence-electron chi connectivity index (χ2n) is 5.59. The molecule has 0 bridgehead atoms. The van der Waals surface area contributed by atoms with E-state index in [1.807, 2.05) is 13.8 Å². The molecule has 0 saturated heterocycles. The van der Waals surface area contributed by atoms with Gasteiger partial charge in [-0.05, 0) is 30.5 Å². The number of carbonyl (C=O) groups is 3. The molecule has 0 atom stereocenters. The fourth-order valence-electron chi connectivity index (χ4n) is 1.87. The van der Waals surface area contributed by atoms with Crippen molar-refractivity contribution in [1.82, 2.24) is 5.32 Å². The number of anilines is 1. The summed E-state index contributed by atoms with van der Waals surface area (Å²) in [7, 11) is 0. The number of carbonyl (C=O) groups excluding carboxylic acids is 2. The van der Waals surface area contributed by atoms with Crippen molar-refractivity contribution in [3.05, 3.63) is 29.6 Å². The Kier molecular flexibility index (Phi) is 7.18. The molecule has 7 heteroatoms. The summed E-state index contributed by atoms with van der Waals surface area (Å²) in [5.74, 6) is -2.25. The Morgan fingerprint density at radius 2 is 1.96 bits per heavy atom. The molecule has 0 aliphatic rings. The first-order chi connectivity index (χ1) is 10.8. The van der Waals surface area contributed by atoms with Crippen molar-refractivity contribution >= 4 is 23.5 Å². The van der Waals surface area contributed by atoms with Gasteiger partial charge in [0.15, 0.2) is 0 Å². The predicted octanol–water partition coefficient (Wildman–Crippen LogP) is 2.40. The van der Waals surface area contributed by atoms with Gasteiger partial charge in [0.05, 0.1) is 5.69 Å². The van der Waals surface area contributed by atoms with Gasteiger partial charge in [0.1, 0.15) is 5.82 Å². The van der Waals surface area contributed by atoms with E-state index in [0.29, 0.717) is 6.42 Å². The van der Waals surface area contributed by atoms with Crippen molar-refractivity contribution in [2.75, 3.05) is 11.9 Å². The third-order valence-corrected chi connectivity index (χ3v) is 2.95. The first-order valence-electron chi connectivity index (χ1n) is 7.39. The van der Waals surface area contributed by atoms with Crippen molar-refractivity contribution in [2.45, 2.75) is 33.1 Å². The maximum absolute atomic E-state index is 13.9. The van der Waals surface area contributed by atoms with Crippen LogP contribution in [0, 0.1) is 11.7 Å². The average molecular weight is 324 g/mol. The van der Waals surface area contributed by atoms with E-state index in [9.17, 15) is 18.8 Å². The number of carboxylic acid groups (broad SMARTS) is 1. The molecule has 23 heavy (non-hydrogen) atoms. The molecule has 0 saturated carbocycles. The van der Waals surface area contributed by atoms with Crippen LogP contribution < -0.4 is 10.6 Å². The number of hydrogen-bond acceptors (Lipinski definition) is 3. The van der Waals surface area contributed by atoms with Crippen LogP contribution in [0.4, 0.5) is 10.1 Å². The molecule has 0 heterocycles. The quantitative estimate of drug-likeness (QED) is 0.640. The van der Waals surface area contributed by atoms with Crippen LogP contribution in [0.25, 0.3) is 0 Å². The van der Waals surface area contributed by atoms with Crippen molar-refractivity contribution in [3.8, 4) is 0 Å². The van der Waals surface area contributed by atoms with E-state index >= 15 is 0 Å². The summed E-state index contributed by atoms with van der Waals surface area (Å²) in [6.07, 6.45) is 0.535. The lowest BCUT2D eigenvalue weighted by Crippen LogP contribution is -2.25. The number of amides is 2. The van der Waals surface area contributed by atoms with Crippen LogP contribution in [0.3, 0.4) is 0 Å². The molecule has 3 N–H and O–H groups in total. The van der Waals surface area contributed by atoms with E-state index in [1.54, 1.807) is 0 Å². The Morgan fingerprint density at radius 1 is 1.26 bits per heavy atom. The Labute approximate surface area is 134 Å². The van der Waals surface area contributed by atoms with E-state index < -0.39 is 17.7 Å². The normalized spacial score (nSPS) is 10.4. The van der Waals surface area contributed by atoms with Crippen LogP contribution in [0.5, 0.6) is 0 Å². The fraction of sp³-hybridized carbons (Fsp3) is 0.438. The van der Waals surface area contributed by atoms with Crippen LogP contribution >= 0.6 is 0 Å². The summed E-state index contributed by atoms with van der Waals surface area (Å²) in [5, 5.41) is 13.5. The molecule has 1 rings (SSSR count). The highest BCUT2D eigenvalue weighted by atomic mass is 19.1. The average Bonchev–Trinajstić information content (AvgIpc) is 2.44. The molecule has 0 aromatic heterocycles. The lowest BCUT2D eigenvalue weighted by atomic mass is 10.1. The van der Waals surface area contributed by atoms with Crippen molar-refractivity contribution in [2.24, 2.45) is 5.92 Å². The zero-order valence-corrected chi connectivity index (χ0v) is 13.2. The molecule has 1 aromatic rings. The third kappa shape index (κ3) is 6.90. The zero-order chi connectivity index (χ0) is 17.4. The lowest BCUT2D eigenvalue weighted by Gasteiger charge is -2.10. The van der Waals surface area contributed by atoms with E-state index in [2.05, 4.69) is 10.6 Å². The largest absolute Gasteiger partial charge is 0.481 e. The van der Waals surface area contributed by atoms with Gasteiger partial charge in [0.2, 0.25) is 5.91 Å². The molecular weight excluding hydrogens is 303 g/mol. The lowest BCUT2D eigenvalue weighted by molar-refractivity contribution is -0.137. The van der Waals surface area contributed by atoms with Crippen LogP contribution in [0.15, 0.2) is 18.2 Å². The second-order valence-corrected chi connectivity index (χ2v) is 5.59. The summed E-state index contributed by atoms with van der Waals surface area (Å²) >= 11 is 0. The highest BCUT2D eigenvalue weighted by molar-refractivity contribution is 5.96. The van der Waals surface area contributed by atoms with Gasteiger partial charge >= 0.3 is 5.97 Å². The summed E-state index contributed by atoms with van der Waals surface area (Å²) in [6.45, 7) is 3.96. The van der Waals surface area contributed by atoms with Gasteiger partial charge in [-0.15, -0.1) is 0 Å². The van der Waals surface area contributed by atoms with Crippen LogP contribution in [-0.2, 0) is 9.59 Å². The molecule has 0 aliphatic carbocycles. The fourth-order valence-corrected chi connectivity index (χ4v) is 1.87. The van der Waals surface area contributed by atoms with Crippen molar-refractivity contribution in [1.29, 1.82) is 0 Å². The van der Waals surface area contributed by atoms with E-state index in [4.69, 9.17) is 5.11 Å². The molecule has 0 aliphatic heterocycles. The van der Waals surface area contributed by atoms with E-state index in [0.717, 1.165) is 6.07 Å². The van der Waals surface area contributed by atoms with E-state index in [1.165, 1.54) is 12.1 Å². The summed E-state index contributed by atoms with van der Waals surface area (Å²) in [5.41, 5.74) is 0.137. The highest BCUT2D eigenvalue weighted by Crippen LogP contribution is 2.16. The first-order valence-corrected chi connectivity index (χ1v) is 7.39. The molecular formula is C16H21FN2O4. The maximum atomic E-state index is 13.9. The SMILES string of the molecule is CC(C)CC(=O)Nc1ccc(C(=O)NCCCC(=O)O)cc1F. The second kappa shape index (κ2) is 8.87.